The number of phosphoric acid groups is 2. The Bertz CT molecular complexity index is 1020. The number of carbonyl (C=O) groups excluding carboxylic acids is 1. The third kappa shape index (κ3) is 7.15. The molecule has 1 aliphatic heterocycles. The molecule has 16 nitrogen and oxygen atoms in total. The largest absolute Gasteiger partial charge is 0.481 e. The van der Waals surface area contributed by atoms with Gasteiger partial charge in [-0.15, -0.1) is 0 Å². The van der Waals surface area contributed by atoms with Gasteiger partial charge in [-0.25, -0.2) is 13.9 Å². The van der Waals surface area contributed by atoms with Gasteiger partial charge in [0.05, 0.1) is 19.3 Å². The predicted octanol–water partition coefficient (Wildman–Crippen LogP) is -2.44. The van der Waals surface area contributed by atoms with Gasteiger partial charge in [0.15, 0.2) is 0 Å². The average Bonchev–Trinajstić information content (AvgIpc) is 3.00. The number of aromatic nitrogens is 2. The lowest BCUT2D eigenvalue weighted by Crippen LogP contribution is -2.39. The van der Waals surface area contributed by atoms with E-state index in [-0.39, 0.29) is 12.0 Å². The maximum Gasteiger partial charge on any atom is 0.481 e. The van der Waals surface area contributed by atoms with Crippen molar-refractivity contribution >= 4 is 21.6 Å². The Morgan fingerprint density at radius 1 is 1.35 bits per heavy atom. The van der Waals surface area contributed by atoms with Crippen molar-refractivity contribution in [2.24, 2.45) is 11.5 Å². The zero-order chi connectivity index (χ0) is 23.6. The number of hydrogen-bond acceptors (Lipinski definition) is 11. The van der Waals surface area contributed by atoms with E-state index < -0.39 is 70.5 Å². The smallest absolute Gasteiger partial charge is 0.390 e. The standard InChI is InChI=1S/C13H22N4O12P2/c1-6-3-17(13(21)16-12(6)20)10-2-8(18)9(28-10)5-27-31(24,25)29-30(22,23)26-4-7(14)11(15)19/h3,7-10,18H,2,4-5,14H2,1H3,(H2,15,19)(H,22,23)(H,24,25)(H,16,20,21)/t7?,8-,9+,10+/m0/s1. The first kappa shape index (κ1) is 25.5. The second-order valence-electron chi connectivity index (χ2n) is 6.53. The van der Waals surface area contributed by atoms with Crippen LogP contribution < -0.4 is 22.7 Å². The Kier molecular flexibility index (Phi) is 8.10. The number of nitrogens with zero attached hydrogens (tertiary/aromatic N) is 1. The van der Waals surface area contributed by atoms with Gasteiger partial charge >= 0.3 is 21.3 Å². The van der Waals surface area contributed by atoms with E-state index in [9.17, 15) is 38.4 Å². The van der Waals surface area contributed by atoms with E-state index in [0.717, 1.165) is 4.57 Å². The van der Waals surface area contributed by atoms with Gasteiger partial charge in [0, 0.05) is 18.2 Å². The van der Waals surface area contributed by atoms with Crippen LogP contribution in [0.1, 0.15) is 18.2 Å². The van der Waals surface area contributed by atoms with Gasteiger partial charge in [0.1, 0.15) is 18.4 Å². The van der Waals surface area contributed by atoms with Crippen molar-refractivity contribution in [3.05, 3.63) is 32.6 Å². The maximum absolute atomic E-state index is 11.9. The van der Waals surface area contributed by atoms with Crippen LogP contribution in [0.3, 0.4) is 0 Å². The summed E-state index contributed by atoms with van der Waals surface area (Å²) >= 11 is 0. The molecule has 2 rings (SSSR count). The van der Waals surface area contributed by atoms with Gasteiger partial charge in [-0.05, 0) is 6.92 Å². The molecular weight excluding hydrogens is 466 g/mol. The topological polar surface area (TPSA) is 256 Å². The molecule has 18 heteroatoms. The average molecular weight is 488 g/mol. The molecule has 1 saturated heterocycles. The summed E-state index contributed by atoms with van der Waals surface area (Å²) in [5.41, 5.74) is 8.86. The molecule has 6 atom stereocenters. The lowest BCUT2D eigenvalue weighted by molar-refractivity contribution is -0.119. The number of amides is 1. The molecule has 0 spiro atoms. The predicted molar refractivity (Wildman–Crippen MR) is 100 cm³/mol. The first-order valence-corrected chi connectivity index (χ1v) is 11.6. The van der Waals surface area contributed by atoms with Crippen molar-refractivity contribution in [1.82, 2.24) is 9.55 Å². The number of aromatic amines is 1. The molecule has 2 heterocycles. The molecular formula is C13H22N4O12P2. The fraction of sp³-hybridized carbons (Fsp3) is 0.615. The highest BCUT2D eigenvalue weighted by Gasteiger charge is 2.40. The number of rotatable bonds is 10. The highest BCUT2D eigenvalue weighted by molar-refractivity contribution is 7.61. The fourth-order valence-corrected chi connectivity index (χ4v) is 4.54. The van der Waals surface area contributed by atoms with Crippen LogP contribution in [-0.2, 0) is 32.0 Å². The van der Waals surface area contributed by atoms with Crippen LogP contribution in [0.2, 0.25) is 0 Å². The van der Waals surface area contributed by atoms with E-state index >= 15 is 0 Å². The number of ether oxygens (including phenoxy) is 1. The van der Waals surface area contributed by atoms with Crippen LogP contribution in [0, 0.1) is 6.92 Å². The Morgan fingerprint density at radius 2 is 1.97 bits per heavy atom. The quantitative estimate of drug-likeness (QED) is 0.187. The van der Waals surface area contributed by atoms with Crippen LogP contribution in [0.4, 0.5) is 0 Å². The van der Waals surface area contributed by atoms with Crippen molar-refractivity contribution < 1.29 is 46.9 Å². The maximum atomic E-state index is 11.9. The number of aliphatic hydroxyl groups excluding tert-OH is 1. The normalized spacial score (nSPS) is 26.2. The highest BCUT2D eigenvalue weighted by Crippen LogP contribution is 2.60. The second-order valence-corrected chi connectivity index (χ2v) is 9.57. The fourth-order valence-electron chi connectivity index (χ4n) is 2.44. The minimum Gasteiger partial charge on any atom is -0.390 e. The van der Waals surface area contributed by atoms with Crippen LogP contribution in [-0.4, -0.2) is 61.8 Å². The molecule has 3 unspecified atom stereocenters. The number of phosphoric ester groups is 2. The van der Waals surface area contributed by atoms with E-state index in [2.05, 4.69) is 18.3 Å². The van der Waals surface area contributed by atoms with E-state index in [1.54, 1.807) is 0 Å². The number of carbonyl (C=O) groups is 1. The van der Waals surface area contributed by atoms with E-state index in [1.807, 2.05) is 0 Å². The third-order valence-corrected chi connectivity index (χ3v) is 6.65. The molecule has 1 aromatic heterocycles. The van der Waals surface area contributed by atoms with Crippen molar-refractivity contribution in [2.75, 3.05) is 13.2 Å². The molecule has 0 radical (unpaired) electrons. The van der Waals surface area contributed by atoms with Gasteiger partial charge in [0.2, 0.25) is 5.91 Å². The number of nitrogens with two attached hydrogens (primary N) is 2. The minimum absolute atomic E-state index is 0.122. The molecule has 1 fully saturated rings. The number of aryl methyl sites for hydroxylation is 1. The number of nitrogens with one attached hydrogen (secondary N) is 1. The van der Waals surface area contributed by atoms with E-state index in [1.165, 1.54) is 13.1 Å². The lowest BCUT2D eigenvalue weighted by Gasteiger charge is -2.20. The van der Waals surface area contributed by atoms with Crippen LogP contribution in [0.15, 0.2) is 15.8 Å². The van der Waals surface area contributed by atoms with Crippen molar-refractivity contribution in [1.29, 1.82) is 0 Å². The van der Waals surface area contributed by atoms with Gasteiger partial charge in [-0.3, -0.25) is 28.2 Å². The highest BCUT2D eigenvalue weighted by atomic mass is 31.3. The Morgan fingerprint density at radius 3 is 2.58 bits per heavy atom. The van der Waals surface area contributed by atoms with Crippen LogP contribution >= 0.6 is 15.6 Å². The zero-order valence-electron chi connectivity index (χ0n) is 16.0. The molecule has 0 saturated carbocycles. The Labute approximate surface area is 173 Å². The van der Waals surface area contributed by atoms with Gasteiger partial charge in [-0.2, -0.15) is 4.31 Å². The number of primary amides is 1. The summed E-state index contributed by atoms with van der Waals surface area (Å²) in [6, 6.07) is -1.47. The van der Waals surface area contributed by atoms with Crippen molar-refractivity contribution in [3.8, 4) is 0 Å². The SMILES string of the molecule is Cc1cn([C@H]2C[C@H](O)[C@@H](COP(=O)(O)OP(=O)(O)OCC(N)C(N)=O)O2)c(=O)[nH]c1=O. The molecule has 8 N–H and O–H groups in total. The molecule has 176 valence electrons. The molecule has 31 heavy (non-hydrogen) atoms. The summed E-state index contributed by atoms with van der Waals surface area (Å²) in [7, 11) is -10.4. The van der Waals surface area contributed by atoms with Crippen LogP contribution in [0.5, 0.6) is 0 Å². The zero-order valence-corrected chi connectivity index (χ0v) is 17.8. The molecule has 0 aromatic carbocycles. The Hall–Kier alpha value is -1.71. The summed E-state index contributed by atoms with van der Waals surface area (Å²) in [6.07, 6.45) is -2.40. The molecule has 1 aromatic rings. The second kappa shape index (κ2) is 9.83. The molecule has 0 bridgehead atoms. The molecule has 0 aliphatic carbocycles. The monoisotopic (exact) mass is 488 g/mol. The van der Waals surface area contributed by atoms with Gasteiger partial charge in [-0.1, -0.05) is 0 Å². The third-order valence-electron chi connectivity index (χ3n) is 4.05. The first-order valence-electron chi connectivity index (χ1n) is 8.57. The Balaban J connectivity index is 1.96. The summed E-state index contributed by atoms with van der Waals surface area (Å²) in [4.78, 5) is 55.2. The van der Waals surface area contributed by atoms with Crippen LogP contribution in [0.25, 0.3) is 0 Å². The number of aliphatic hydroxyl groups is 1. The van der Waals surface area contributed by atoms with Gasteiger partial charge in [0.25, 0.3) is 5.56 Å². The summed E-state index contributed by atoms with van der Waals surface area (Å²) in [5.74, 6) is -1.05. The lowest BCUT2D eigenvalue weighted by atomic mass is 10.2. The van der Waals surface area contributed by atoms with E-state index in [4.69, 9.17) is 16.2 Å². The minimum atomic E-state index is -5.19. The number of hydrogen-bond donors (Lipinski definition) is 6. The van der Waals surface area contributed by atoms with Gasteiger partial charge < -0.3 is 31.1 Å². The first-order chi connectivity index (χ1) is 14.2. The molecule has 1 aliphatic rings. The number of H-pyrrole nitrogens is 1. The van der Waals surface area contributed by atoms with Crippen molar-refractivity contribution in [3.63, 3.8) is 0 Å². The molecule has 1 amide bonds. The van der Waals surface area contributed by atoms with E-state index in [0.29, 0.717) is 0 Å². The summed E-state index contributed by atoms with van der Waals surface area (Å²) < 4.78 is 42.9. The summed E-state index contributed by atoms with van der Waals surface area (Å²) in [5, 5.41) is 10.1. The van der Waals surface area contributed by atoms with Crippen molar-refractivity contribution in [2.45, 2.75) is 37.8 Å². The summed E-state index contributed by atoms with van der Waals surface area (Å²) in [6.45, 7) is -0.197.